The summed E-state index contributed by atoms with van der Waals surface area (Å²) in [5.74, 6) is 0. The molecule has 0 aromatic rings. The lowest BCUT2D eigenvalue weighted by atomic mass is 10.4. The first kappa shape index (κ1) is 6.62. The Balaban J connectivity index is 2.42. The number of nitrogens with zero attached hydrogens (tertiary/aromatic N) is 1. The van der Waals surface area contributed by atoms with Crippen LogP contribution in [-0.4, -0.2) is 24.8 Å². The van der Waals surface area contributed by atoms with Gasteiger partial charge in [-0.25, -0.2) is 0 Å². The van der Waals surface area contributed by atoms with Gasteiger partial charge in [-0.1, -0.05) is 6.08 Å². The molecule has 0 unspecified atom stereocenters. The maximum Gasteiger partial charge on any atom is 0.118 e. The lowest BCUT2D eigenvalue weighted by molar-refractivity contribution is 0.156. The highest BCUT2D eigenvalue weighted by atomic mass is 16.5. The fraction of sp³-hybridized carbons (Fsp3) is 0.714. The molecule has 1 rings (SSSR count). The quantitative estimate of drug-likeness (QED) is 0.524. The van der Waals surface area contributed by atoms with Crippen molar-refractivity contribution in [3.63, 3.8) is 0 Å². The highest BCUT2D eigenvalue weighted by Crippen LogP contribution is 2.07. The van der Waals surface area contributed by atoms with Crippen LogP contribution in [0.4, 0.5) is 0 Å². The minimum atomic E-state index is 0.774. The van der Waals surface area contributed by atoms with E-state index in [1.54, 1.807) is 0 Å². The van der Waals surface area contributed by atoms with Crippen molar-refractivity contribution in [2.45, 2.75) is 13.8 Å². The Kier molecular flexibility index (Phi) is 2.11. The van der Waals surface area contributed by atoms with Crippen molar-refractivity contribution in [1.82, 2.24) is 4.90 Å². The van der Waals surface area contributed by atoms with Crippen LogP contribution >= 0.6 is 0 Å². The van der Waals surface area contributed by atoms with Crippen LogP contribution in [-0.2, 0) is 4.74 Å². The zero-order valence-corrected chi connectivity index (χ0v) is 6.05. The van der Waals surface area contributed by atoms with Gasteiger partial charge in [-0.2, -0.15) is 0 Å². The minimum absolute atomic E-state index is 0.774. The van der Waals surface area contributed by atoms with E-state index in [4.69, 9.17) is 4.74 Å². The van der Waals surface area contributed by atoms with E-state index in [2.05, 4.69) is 17.9 Å². The molecule has 9 heavy (non-hydrogen) atoms. The molecule has 1 fully saturated rings. The van der Waals surface area contributed by atoms with Crippen LogP contribution in [0.3, 0.4) is 0 Å². The van der Waals surface area contributed by atoms with Crippen molar-refractivity contribution in [3.05, 3.63) is 11.8 Å². The van der Waals surface area contributed by atoms with Crippen LogP contribution in [0.5, 0.6) is 0 Å². The van der Waals surface area contributed by atoms with Gasteiger partial charge in [0.1, 0.15) is 6.73 Å². The Morgan fingerprint density at radius 2 is 2.44 bits per heavy atom. The van der Waals surface area contributed by atoms with E-state index in [1.807, 2.05) is 6.92 Å². The molecule has 1 aliphatic rings. The van der Waals surface area contributed by atoms with Crippen LogP contribution in [0, 0.1) is 0 Å². The van der Waals surface area contributed by atoms with Crippen molar-refractivity contribution in [1.29, 1.82) is 0 Å². The fourth-order valence-electron chi connectivity index (χ4n) is 0.875. The summed E-state index contributed by atoms with van der Waals surface area (Å²) in [6, 6.07) is 0. The summed E-state index contributed by atoms with van der Waals surface area (Å²) in [4.78, 5) is 2.22. The summed E-state index contributed by atoms with van der Waals surface area (Å²) in [6.07, 6.45) is 2.11. The first-order chi connectivity index (χ1) is 4.34. The smallest absolute Gasteiger partial charge is 0.118 e. The maximum atomic E-state index is 5.17. The van der Waals surface area contributed by atoms with Crippen LogP contribution in [0.2, 0.25) is 0 Å². The van der Waals surface area contributed by atoms with Crippen LogP contribution in [0.15, 0.2) is 11.8 Å². The number of rotatable bonds is 1. The second-order valence-electron chi connectivity index (χ2n) is 2.23. The van der Waals surface area contributed by atoms with Crippen molar-refractivity contribution in [2.75, 3.05) is 19.9 Å². The lowest BCUT2D eigenvalue weighted by Crippen LogP contribution is -2.16. The van der Waals surface area contributed by atoms with Gasteiger partial charge in [0.15, 0.2) is 0 Å². The van der Waals surface area contributed by atoms with Gasteiger partial charge in [0, 0.05) is 12.2 Å². The van der Waals surface area contributed by atoms with Crippen LogP contribution in [0.1, 0.15) is 13.8 Å². The molecule has 1 heterocycles. The van der Waals surface area contributed by atoms with Crippen LogP contribution < -0.4 is 0 Å². The lowest BCUT2D eigenvalue weighted by Gasteiger charge is -2.14. The van der Waals surface area contributed by atoms with E-state index in [0.717, 1.165) is 19.9 Å². The Bertz CT molecular complexity index is 114. The highest BCUT2D eigenvalue weighted by molar-refractivity contribution is 4.95. The van der Waals surface area contributed by atoms with Crippen molar-refractivity contribution in [2.24, 2.45) is 0 Å². The van der Waals surface area contributed by atoms with E-state index in [-0.39, 0.29) is 0 Å². The van der Waals surface area contributed by atoms with Crippen LogP contribution in [0.25, 0.3) is 0 Å². The van der Waals surface area contributed by atoms with Gasteiger partial charge in [-0.05, 0) is 13.8 Å². The molecule has 0 aromatic carbocycles. The van der Waals surface area contributed by atoms with E-state index < -0.39 is 0 Å². The SMILES string of the molecule is CC=C(C)N1CCOC1. The Labute approximate surface area is 56.1 Å². The van der Waals surface area contributed by atoms with Gasteiger partial charge in [0.2, 0.25) is 0 Å². The molecule has 0 spiro atoms. The summed E-state index contributed by atoms with van der Waals surface area (Å²) in [7, 11) is 0. The van der Waals surface area contributed by atoms with Gasteiger partial charge >= 0.3 is 0 Å². The molecule has 2 heteroatoms. The summed E-state index contributed by atoms with van der Waals surface area (Å²) in [6.45, 7) is 6.86. The first-order valence-corrected chi connectivity index (χ1v) is 3.30. The normalized spacial score (nSPS) is 21.1. The molecular formula is C7H13NO. The first-order valence-electron chi connectivity index (χ1n) is 3.30. The third-order valence-corrected chi connectivity index (χ3v) is 1.67. The largest absolute Gasteiger partial charge is 0.359 e. The monoisotopic (exact) mass is 127 g/mol. The molecule has 1 saturated heterocycles. The molecule has 0 amide bonds. The molecule has 0 aliphatic carbocycles. The van der Waals surface area contributed by atoms with Crippen molar-refractivity contribution < 1.29 is 4.74 Å². The standard InChI is InChI=1S/C7H13NO/c1-3-7(2)8-4-5-9-6-8/h3H,4-6H2,1-2H3. The van der Waals surface area contributed by atoms with E-state index in [9.17, 15) is 0 Å². The van der Waals surface area contributed by atoms with E-state index >= 15 is 0 Å². The molecule has 1 aliphatic heterocycles. The molecule has 2 nitrogen and oxygen atoms in total. The molecule has 0 aromatic heterocycles. The Morgan fingerprint density at radius 3 is 2.89 bits per heavy atom. The predicted octanol–water partition coefficient (Wildman–Crippen LogP) is 1.20. The molecule has 0 atom stereocenters. The van der Waals surface area contributed by atoms with Gasteiger partial charge in [0.25, 0.3) is 0 Å². The third-order valence-electron chi connectivity index (χ3n) is 1.67. The third kappa shape index (κ3) is 1.45. The van der Waals surface area contributed by atoms with Gasteiger partial charge < -0.3 is 9.64 Å². The summed E-state index contributed by atoms with van der Waals surface area (Å²) in [5.41, 5.74) is 1.31. The van der Waals surface area contributed by atoms with E-state index in [1.165, 1.54) is 5.70 Å². The topological polar surface area (TPSA) is 12.5 Å². The zero-order chi connectivity index (χ0) is 6.69. The zero-order valence-electron chi connectivity index (χ0n) is 6.05. The molecular weight excluding hydrogens is 114 g/mol. The molecule has 52 valence electrons. The van der Waals surface area contributed by atoms with Gasteiger partial charge in [-0.15, -0.1) is 0 Å². The van der Waals surface area contributed by atoms with Crippen molar-refractivity contribution in [3.8, 4) is 0 Å². The average molecular weight is 127 g/mol. The second kappa shape index (κ2) is 2.87. The predicted molar refractivity (Wildman–Crippen MR) is 37.0 cm³/mol. The number of hydrogen-bond acceptors (Lipinski definition) is 2. The second-order valence-corrected chi connectivity index (χ2v) is 2.23. The highest BCUT2D eigenvalue weighted by Gasteiger charge is 2.09. The molecule has 0 bridgehead atoms. The molecule has 0 radical (unpaired) electrons. The van der Waals surface area contributed by atoms with E-state index in [0.29, 0.717) is 0 Å². The summed E-state index contributed by atoms with van der Waals surface area (Å²) >= 11 is 0. The minimum Gasteiger partial charge on any atom is -0.359 e. The maximum absolute atomic E-state index is 5.17. The van der Waals surface area contributed by atoms with Gasteiger partial charge in [0.05, 0.1) is 6.61 Å². The average Bonchev–Trinajstić information content (AvgIpc) is 2.37. The number of ether oxygens (including phenoxy) is 1. The van der Waals surface area contributed by atoms with Gasteiger partial charge in [-0.3, -0.25) is 0 Å². The number of allylic oxidation sites excluding steroid dienone is 2. The summed E-state index contributed by atoms with van der Waals surface area (Å²) in [5, 5.41) is 0. The fourth-order valence-corrected chi connectivity index (χ4v) is 0.875. The summed E-state index contributed by atoms with van der Waals surface area (Å²) < 4.78 is 5.17. The molecule has 0 N–H and O–H groups in total. The Morgan fingerprint density at radius 1 is 1.67 bits per heavy atom. The Hall–Kier alpha value is -0.500. The van der Waals surface area contributed by atoms with Crippen molar-refractivity contribution >= 4 is 0 Å². The number of hydrogen-bond donors (Lipinski definition) is 0. The molecule has 0 saturated carbocycles.